The van der Waals surface area contributed by atoms with Crippen LogP contribution in [-0.2, 0) is 0 Å². The predicted octanol–water partition coefficient (Wildman–Crippen LogP) is 4.90. The van der Waals surface area contributed by atoms with Crippen LogP contribution in [0.2, 0.25) is 10.0 Å². The van der Waals surface area contributed by atoms with E-state index in [-0.39, 0.29) is 11.8 Å². The van der Waals surface area contributed by atoms with Crippen LogP contribution in [0.25, 0.3) is 0 Å². The van der Waals surface area contributed by atoms with Crippen molar-refractivity contribution in [2.75, 3.05) is 7.05 Å². The normalized spacial score (nSPS) is 12.5. The summed E-state index contributed by atoms with van der Waals surface area (Å²) in [5.41, 5.74) is 1.68. The van der Waals surface area contributed by atoms with Crippen LogP contribution >= 0.6 is 23.2 Å². The Balaban J connectivity index is 2.31. The van der Waals surface area contributed by atoms with Crippen LogP contribution in [0.5, 0.6) is 5.75 Å². The molecule has 1 N–H and O–H groups in total. The van der Waals surface area contributed by atoms with Crippen LogP contribution in [0.15, 0.2) is 42.5 Å². The summed E-state index contributed by atoms with van der Waals surface area (Å²) in [6.07, 6.45) is 0. The quantitative estimate of drug-likeness (QED) is 0.840. The van der Waals surface area contributed by atoms with E-state index in [1.807, 2.05) is 0 Å². The second kappa shape index (κ2) is 7.07. The molecule has 0 amide bonds. The van der Waals surface area contributed by atoms with E-state index in [9.17, 15) is 8.78 Å². The topological polar surface area (TPSA) is 21.3 Å². The summed E-state index contributed by atoms with van der Waals surface area (Å²) in [6.45, 7) is -2.83. The zero-order valence-corrected chi connectivity index (χ0v) is 12.6. The number of nitrogens with one attached hydrogen (secondary N) is 1. The van der Waals surface area contributed by atoms with Crippen LogP contribution in [0, 0.1) is 0 Å². The first-order valence-corrected chi connectivity index (χ1v) is 6.94. The largest absolute Gasteiger partial charge is 0.435 e. The lowest BCUT2D eigenvalue weighted by molar-refractivity contribution is -0.0498. The van der Waals surface area contributed by atoms with Crippen molar-refractivity contribution in [3.8, 4) is 5.75 Å². The van der Waals surface area contributed by atoms with Crippen molar-refractivity contribution < 1.29 is 13.5 Å². The summed E-state index contributed by atoms with van der Waals surface area (Å²) in [6, 6.07) is 11.4. The first kappa shape index (κ1) is 16.0. The Kier molecular flexibility index (Phi) is 5.39. The molecule has 0 radical (unpaired) electrons. The number of benzene rings is 2. The molecule has 2 aromatic rings. The van der Waals surface area contributed by atoms with Gasteiger partial charge in [0, 0.05) is 10.0 Å². The SMILES string of the molecule is CNC(c1ccc(OC(F)F)cc1)c1cc(Cl)ccc1Cl. The fourth-order valence-electron chi connectivity index (χ4n) is 2.08. The molecular formula is C15H13Cl2F2NO. The molecule has 21 heavy (non-hydrogen) atoms. The average molecular weight is 332 g/mol. The van der Waals surface area contributed by atoms with Crippen LogP contribution in [-0.4, -0.2) is 13.7 Å². The molecule has 0 aliphatic rings. The minimum atomic E-state index is -2.83. The van der Waals surface area contributed by atoms with E-state index in [0.717, 1.165) is 11.1 Å². The van der Waals surface area contributed by atoms with E-state index in [2.05, 4.69) is 10.1 Å². The number of rotatable bonds is 5. The maximum atomic E-state index is 12.1. The molecule has 2 nitrogen and oxygen atoms in total. The molecule has 2 aromatic carbocycles. The predicted molar refractivity (Wildman–Crippen MR) is 80.4 cm³/mol. The summed E-state index contributed by atoms with van der Waals surface area (Å²) < 4.78 is 28.6. The Hall–Kier alpha value is -1.36. The van der Waals surface area contributed by atoms with Crippen molar-refractivity contribution in [1.82, 2.24) is 5.32 Å². The van der Waals surface area contributed by atoms with E-state index >= 15 is 0 Å². The molecule has 0 saturated carbocycles. The van der Waals surface area contributed by atoms with Gasteiger partial charge in [0.2, 0.25) is 0 Å². The number of halogens is 4. The standard InChI is InChI=1S/C15H13Cl2F2NO/c1-20-14(12-8-10(16)4-7-13(12)17)9-2-5-11(6-3-9)21-15(18)19/h2-8,14-15,20H,1H3. The Bertz CT molecular complexity index is 605. The van der Waals surface area contributed by atoms with Gasteiger partial charge in [0.15, 0.2) is 0 Å². The van der Waals surface area contributed by atoms with Crippen LogP contribution in [0.4, 0.5) is 8.78 Å². The highest BCUT2D eigenvalue weighted by Gasteiger charge is 2.16. The Morgan fingerprint density at radius 2 is 1.71 bits per heavy atom. The van der Waals surface area contributed by atoms with E-state index in [1.165, 1.54) is 12.1 Å². The summed E-state index contributed by atoms with van der Waals surface area (Å²) in [5, 5.41) is 4.28. The van der Waals surface area contributed by atoms with Gasteiger partial charge in [-0.2, -0.15) is 8.78 Å². The maximum Gasteiger partial charge on any atom is 0.387 e. The maximum absolute atomic E-state index is 12.1. The van der Waals surface area contributed by atoms with Gasteiger partial charge in [-0.15, -0.1) is 0 Å². The minimum absolute atomic E-state index is 0.112. The monoisotopic (exact) mass is 331 g/mol. The van der Waals surface area contributed by atoms with Gasteiger partial charge in [-0.05, 0) is 48.5 Å². The molecule has 1 atom stereocenters. The Morgan fingerprint density at radius 1 is 1.05 bits per heavy atom. The second-order valence-electron chi connectivity index (χ2n) is 4.34. The molecular weight excluding hydrogens is 319 g/mol. The van der Waals surface area contributed by atoms with E-state index in [1.54, 1.807) is 37.4 Å². The summed E-state index contributed by atoms with van der Waals surface area (Å²) in [7, 11) is 1.78. The van der Waals surface area contributed by atoms with Crippen molar-refractivity contribution in [2.24, 2.45) is 0 Å². The number of hydrogen-bond acceptors (Lipinski definition) is 2. The molecule has 0 saturated heterocycles. The lowest BCUT2D eigenvalue weighted by Crippen LogP contribution is -2.18. The van der Waals surface area contributed by atoms with E-state index in [0.29, 0.717) is 10.0 Å². The van der Waals surface area contributed by atoms with Gasteiger partial charge in [-0.1, -0.05) is 35.3 Å². The van der Waals surface area contributed by atoms with Gasteiger partial charge in [0.25, 0.3) is 0 Å². The molecule has 0 aromatic heterocycles. The molecule has 0 fully saturated rings. The minimum Gasteiger partial charge on any atom is -0.435 e. The fraction of sp³-hybridized carbons (Fsp3) is 0.200. The molecule has 0 bridgehead atoms. The first-order valence-electron chi connectivity index (χ1n) is 6.18. The third kappa shape index (κ3) is 4.06. The zero-order valence-electron chi connectivity index (χ0n) is 11.1. The molecule has 0 aliphatic carbocycles. The molecule has 1 unspecified atom stereocenters. The molecule has 2 rings (SSSR count). The highest BCUT2D eigenvalue weighted by molar-refractivity contribution is 6.33. The summed E-state index contributed by atoms with van der Waals surface area (Å²) >= 11 is 12.2. The molecule has 6 heteroatoms. The van der Waals surface area contributed by atoms with Crippen molar-refractivity contribution in [1.29, 1.82) is 0 Å². The van der Waals surface area contributed by atoms with Crippen LogP contribution in [0.1, 0.15) is 17.2 Å². The molecule has 112 valence electrons. The smallest absolute Gasteiger partial charge is 0.387 e. The van der Waals surface area contributed by atoms with E-state index < -0.39 is 6.61 Å². The Labute approximate surface area is 131 Å². The number of ether oxygens (including phenoxy) is 1. The van der Waals surface area contributed by atoms with Crippen molar-refractivity contribution >= 4 is 23.2 Å². The van der Waals surface area contributed by atoms with Gasteiger partial charge >= 0.3 is 6.61 Å². The fourth-order valence-corrected chi connectivity index (χ4v) is 2.49. The average Bonchev–Trinajstić information content (AvgIpc) is 2.44. The zero-order chi connectivity index (χ0) is 15.4. The van der Waals surface area contributed by atoms with Gasteiger partial charge < -0.3 is 10.1 Å². The van der Waals surface area contributed by atoms with Crippen molar-refractivity contribution in [3.05, 3.63) is 63.6 Å². The van der Waals surface area contributed by atoms with Gasteiger partial charge in [0.1, 0.15) is 5.75 Å². The number of hydrogen-bond donors (Lipinski definition) is 1. The van der Waals surface area contributed by atoms with E-state index in [4.69, 9.17) is 23.2 Å². The van der Waals surface area contributed by atoms with Gasteiger partial charge in [-0.3, -0.25) is 0 Å². The number of alkyl halides is 2. The third-order valence-corrected chi connectivity index (χ3v) is 3.58. The second-order valence-corrected chi connectivity index (χ2v) is 5.18. The van der Waals surface area contributed by atoms with Gasteiger partial charge in [0.05, 0.1) is 6.04 Å². The van der Waals surface area contributed by atoms with Crippen molar-refractivity contribution in [3.63, 3.8) is 0 Å². The summed E-state index contributed by atoms with van der Waals surface area (Å²) in [4.78, 5) is 0. The molecule has 0 aliphatic heterocycles. The molecule has 0 spiro atoms. The first-order chi connectivity index (χ1) is 10.0. The van der Waals surface area contributed by atoms with Crippen LogP contribution < -0.4 is 10.1 Å². The Morgan fingerprint density at radius 3 is 2.29 bits per heavy atom. The highest BCUT2D eigenvalue weighted by Crippen LogP contribution is 2.31. The summed E-state index contributed by atoms with van der Waals surface area (Å²) in [5.74, 6) is 0.112. The third-order valence-electron chi connectivity index (χ3n) is 3.00. The lowest BCUT2D eigenvalue weighted by atomic mass is 9.99. The van der Waals surface area contributed by atoms with Crippen molar-refractivity contribution in [2.45, 2.75) is 12.7 Å². The lowest BCUT2D eigenvalue weighted by Gasteiger charge is -2.19. The van der Waals surface area contributed by atoms with Gasteiger partial charge in [-0.25, -0.2) is 0 Å². The molecule has 0 heterocycles. The van der Waals surface area contributed by atoms with Crippen LogP contribution in [0.3, 0.4) is 0 Å². The highest BCUT2D eigenvalue weighted by atomic mass is 35.5.